The van der Waals surface area contributed by atoms with Gasteiger partial charge in [0.25, 0.3) is 0 Å². The number of hydrogen-bond acceptors (Lipinski definition) is 5. The molecule has 2 aromatic carbocycles. The molecule has 1 aliphatic rings. The Morgan fingerprint density at radius 2 is 1.93 bits per heavy atom. The number of rotatable bonds is 7. The fourth-order valence-corrected chi connectivity index (χ4v) is 4.27. The number of hydrogen-bond donors (Lipinski definition) is 1. The van der Waals surface area contributed by atoms with Crippen molar-refractivity contribution < 1.29 is 14.3 Å². The van der Waals surface area contributed by atoms with Crippen LogP contribution < -0.4 is 5.32 Å². The van der Waals surface area contributed by atoms with Crippen LogP contribution in [0.2, 0.25) is 10.0 Å². The van der Waals surface area contributed by atoms with E-state index in [0.29, 0.717) is 39.7 Å². The van der Waals surface area contributed by atoms with Crippen molar-refractivity contribution in [3.8, 4) is 0 Å². The normalized spacial score (nSPS) is 17.6. The molecule has 0 bridgehead atoms. The van der Waals surface area contributed by atoms with Crippen molar-refractivity contribution in [3.05, 3.63) is 58.1 Å². The third kappa shape index (κ3) is 5.76. The molecular weight excluding hydrogens is 445 g/mol. The van der Waals surface area contributed by atoms with Crippen molar-refractivity contribution in [2.24, 2.45) is 4.99 Å². The monoisotopic (exact) mass is 465 g/mol. The van der Waals surface area contributed by atoms with E-state index < -0.39 is 5.25 Å². The van der Waals surface area contributed by atoms with Crippen molar-refractivity contribution in [1.29, 1.82) is 0 Å². The first-order valence-electron chi connectivity index (χ1n) is 9.24. The Morgan fingerprint density at radius 3 is 2.60 bits per heavy atom. The molecule has 3 rings (SSSR count). The lowest BCUT2D eigenvalue weighted by molar-refractivity contribution is -0.128. The molecular formula is C21H21Cl2N3O3S. The quantitative estimate of drug-likeness (QED) is 0.630. The number of methoxy groups -OCH3 is 1. The molecule has 0 radical (unpaired) electrons. The number of nitrogens with one attached hydrogen (secondary N) is 1. The molecule has 0 saturated carbocycles. The number of thioether (sulfide) groups is 1. The van der Waals surface area contributed by atoms with Crippen molar-refractivity contribution in [2.75, 3.05) is 25.6 Å². The maximum absolute atomic E-state index is 12.9. The predicted octanol–water partition coefficient (Wildman–Crippen LogP) is 4.91. The van der Waals surface area contributed by atoms with Crippen LogP contribution in [0.3, 0.4) is 0 Å². The Bertz CT molecular complexity index is 966. The van der Waals surface area contributed by atoms with Crippen LogP contribution in [0, 0.1) is 6.92 Å². The summed E-state index contributed by atoms with van der Waals surface area (Å²) in [6.07, 6.45) is 0.0429. The van der Waals surface area contributed by atoms with Gasteiger partial charge in [-0.2, -0.15) is 0 Å². The summed E-state index contributed by atoms with van der Waals surface area (Å²) in [6, 6.07) is 12.5. The molecule has 1 N–H and O–H groups in total. The van der Waals surface area contributed by atoms with Crippen molar-refractivity contribution >= 4 is 63.3 Å². The minimum absolute atomic E-state index is 0.0429. The van der Waals surface area contributed by atoms with Crippen LogP contribution in [0.1, 0.15) is 12.0 Å². The average molecular weight is 466 g/mol. The Hall–Kier alpha value is -2.06. The number of anilines is 1. The van der Waals surface area contributed by atoms with Gasteiger partial charge in [0.15, 0.2) is 5.17 Å². The fraction of sp³-hybridized carbons (Fsp3) is 0.286. The van der Waals surface area contributed by atoms with Crippen LogP contribution in [0.25, 0.3) is 0 Å². The highest BCUT2D eigenvalue weighted by Gasteiger charge is 2.39. The van der Waals surface area contributed by atoms with Gasteiger partial charge in [-0.1, -0.05) is 52.7 Å². The van der Waals surface area contributed by atoms with Crippen LogP contribution >= 0.6 is 35.0 Å². The van der Waals surface area contributed by atoms with Gasteiger partial charge in [-0.25, -0.2) is 4.99 Å². The molecule has 2 aromatic rings. The minimum atomic E-state index is -0.561. The average Bonchev–Trinajstić information content (AvgIpc) is 2.99. The highest BCUT2D eigenvalue weighted by Crippen LogP contribution is 2.33. The molecule has 1 heterocycles. The van der Waals surface area contributed by atoms with E-state index in [4.69, 9.17) is 27.9 Å². The van der Waals surface area contributed by atoms with Crippen LogP contribution in [-0.2, 0) is 14.3 Å². The van der Waals surface area contributed by atoms with E-state index >= 15 is 0 Å². The van der Waals surface area contributed by atoms with Crippen molar-refractivity contribution in [1.82, 2.24) is 4.90 Å². The van der Waals surface area contributed by atoms with Gasteiger partial charge in [0, 0.05) is 19.2 Å². The lowest BCUT2D eigenvalue weighted by atomic mass is 10.2. The summed E-state index contributed by atoms with van der Waals surface area (Å²) in [5.74, 6) is -0.401. The Kier molecular flexibility index (Phi) is 7.77. The molecule has 30 heavy (non-hydrogen) atoms. The zero-order valence-electron chi connectivity index (χ0n) is 16.5. The summed E-state index contributed by atoms with van der Waals surface area (Å²) in [6.45, 7) is 2.68. The molecule has 1 aliphatic heterocycles. The maximum atomic E-state index is 12.9. The van der Waals surface area contributed by atoms with E-state index in [1.54, 1.807) is 30.2 Å². The second kappa shape index (κ2) is 10.3. The third-order valence-corrected chi connectivity index (χ3v) is 6.29. The summed E-state index contributed by atoms with van der Waals surface area (Å²) in [7, 11) is 1.57. The van der Waals surface area contributed by atoms with Gasteiger partial charge in [-0.15, -0.1) is 0 Å². The summed E-state index contributed by atoms with van der Waals surface area (Å²) < 4.78 is 5.11. The van der Waals surface area contributed by atoms with Gasteiger partial charge < -0.3 is 10.1 Å². The maximum Gasteiger partial charge on any atom is 0.242 e. The standard InChI is InChI=1S/C21H21Cl2N3O3S/c1-13-3-5-14(6-4-13)24-19(27)12-18-20(28)26(9-10-29-2)21(30-18)25-15-7-8-16(22)17(23)11-15/h3-8,11,18H,9-10,12H2,1-2H3,(H,24,27). The summed E-state index contributed by atoms with van der Waals surface area (Å²) >= 11 is 13.3. The van der Waals surface area contributed by atoms with Crippen LogP contribution in [0.15, 0.2) is 47.5 Å². The first-order chi connectivity index (χ1) is 14.4. The number of amides is 2. The Morgan fingerprint density at radius 1 is 1.20 bits per heavy atom. The molecule has 6 nitrogen and oxygen atoms in total. The van der Waals surface area contributed by atoms with Crippen molar-refractivity contribution in [3.63, 3.8) is 0 Å². The lowest BCUT2D eigenvalue weighted by Crippen LogP contribution is -2.35. The molecule has 0 aliphatic carbocycles. The van der Waals surface area contributed by atoms with E-state index in [9.17, 15) is 9.59 Å². The lowest BCUT2D eigenvalue weighted by Gasteiger charge is -2.15. The molecule has 2 amide bonds. The van der Waals surface area contributed by atoms with Gasteiger partial charge in [0.05, 0.1) is 28.9 Å². The number of amidine groups is 1. The number of ether oxygens (including phenoxy) is 1. The van der Waals surface area contributed by atoms with Crippen LogP contribution in [0.5, 0.6) is 0 Å². The number of aliphatic imine (C=N–C) groups is 1. The molecule has 0 aromatic heterocycles. The number of halogens is 2. The number of benzene rings is 2. The van der Waals surface area contributed by atoms with E-state index in [1.807, 2.05) is 31.2 Å². The van der Waals surface area contributed by atoms with Crippen LogP contribution in [0.4, 0.5) is 11.4 Å². The Balaban J connectivity index is 1.74. The van der Waals surface area contributed by atoms with E-state index in [2.05, 4.69) is 10.3 Å². The smallest absolute Gasteiger partial charge is 0.242 e. The zero-order valence-corrected chi connectivity index (χ0v) is 18.9. The number of carbonyl (C=O) groups is 2. The molecule has 1 saturated heterocycles. The minimum Gasteiger partial charge on any atom is -0.383 e. The molecule has 1 unspecified atom stereocenters. The summed E-state index contributed by atoms with van der Waals surface area (Å²) in [5, 5.41) is 3.58. The number of carbonyl (C=O) groups excluding carboxylic acids is 2. The summed E-state index contributed by atoms with van der Waals surface area (Å²) in [5.41, 5.74) is 2.38. The predicted molar refractivity (Wildman–Crippen MR) is 123 cm³/mol. The fourth-order valence-electron chi connectivity index (χ4n) is 2.80. The summed E-state index contributed by atoms with van der Waals surface area (Å²) in [4.78, 5) is 31.5. The first-order valence-corrected chi connectivity index (χ1v) is 10.9. The van der Waals surface area contributed by atoms with Gasteiger partial charge in [0.1, 0.15) is 5.25 Å². The molecule has 1 atom stereocenters. The van der Waals surface area contributed by atoms with Crippen LogP contribution in [-0.4, -0.2) is 47.4 Å². The Labute approximate surface area is 189 Å². The molecule has 0 spiro atoms. The van der Waals surface area contributed by atoms with E-state index in [1.165, 1.54) is 11.8 Å². The first kappa shape index (κ1) is 22.6. The van der Waals surface area contributed by atoms with Gasteiger partial charge in [-0.3, -0.25) is 14.5 Å². The van der Waals surface area contributed by atoms with E-state index in [-0.39, 0.29) is 18.2 Å². The molecule has 9 heteroatoms. The second-order valence-corrected chi connectivity index (χ2v) is 8.68. The third-order valence-electron chi connectivity index (χ3n) is 4.37. The molecule has 158 valence electrons. The highest BCUT2D eigenvalue weighted by atomic mass is 35.5. The van der Waals surface area contributed by atoms with Gasteiger partial charge >= 0.3 is 0 Å². The largest absolute Gasteiger partial charge is 0.383 e. The number of aryl methyl sites for hydroxylation is 1. The highest BCUT2D eigenvalue weighted by molar-refractivity contribution is 8.15. The SMILES string of the molecule is COCCN1C(=O)C(CC(=O)Nc2ccc(C)cc2)SC1=Nc1ccc(Cl)c(Cl)c1. The zero-order chi connectivity index (χ0) is 21.7. The topological polar surface area (TPSA) is 71.0 Å². The second-order valence-electron chi connectivity index (χ2n) is 6.70. The van der Waals surface area contributed by atoms with Crippen molar-refractivity contribution in [2.45, 2.75) is 18.6 Å². The molecule has 1 fully saturated rings. The van der Waals surface area contributed by atoms with Gasteiger partial charge in [-0.05, 0) is 37.3 Å². The van der Waals surface area contributed by atoms with Gasteiger partial charge in [0.2, 0.25) is 11.8 Å². The number of nitrogens with zero attached hydrogens (tertiary/aromatic N) is 2. The van der Waals surface area contributed by atoms with E-state index in [0.717, 1.165) is 5.56 Å².